The standard InChI is InChI=1S/C41H35NS/c1-40(2)26-41(3,4)36-25-30(19-23-35(36)40)28-16-20-31(21-17-28)42(32-22-18-27-10-5-6-11-29(27)24-32)37-14-9-13-34-33-12-7-8-15-38(33)43-39(34)37/h5-25H,26H2,1-4H3. The number of thiophene rings is 1. The zero-order valence-electron chi connectivity index (χ0n) is 25.2. The van der Waals surface area contributed by atoms with Gasteiger partial charge >= 0.3 is 0 Å². The van der Waals surface area contributed by atoms with Gasteiger partial charge in [-0.3, -0.25) is 0 Å². The summed E-state index contributed by atoms with van der Waals surface area (Å²) in [5.41, 5.74) is 9.48. The van der Waals surface area contributed by atoms with E-state index >= 15 is 0 Å². The summed E-state index contributed by atoms with van der Waals surface area (Å²) in [4.78, 5) is 2.43. The molecule has 0 saturated carbocycles. The molecule has 0 aliphatic heterocycles. The van der Waals surface area contributed by atoms with Crippen LogP contribution in [0.25, 0.3) is 42.1 Å². The quantitative estimate of drug-likeness (QED) is 0.202. The highest BCUT2D eigenvalue weighted by Gasteiger charge is 2.41. The third kappa shape index (κ3) is 4.27. The molecule has 1 aliphatic rings. The summed E-state index contributed by atoms with van der Waals surface area (Å²) in [7, 11) is 0. The summed E-state index contributed by atoms with van der Waals surface area (Å²) in [6, 6.07) is 47.2. The Balaban J connectivity index is 1.28. The second-order valence-electron chi connectivity index (χ2n) is 13.4. The predicted octanol–water partition coefficient (Wildman–Crippen LogP) is 12.3. The summed E-state index contributed by atoms with van der Waals surface area (Å²) < 4.78 is 2.63. The minimum absolute atomic E-state index is 0.185. The molecular formula is C41H35NS. The molecule has 43 heavy (non-hydrogen) atoms. The van der Waals surface area contributed by atoms with E-state index in [2.05, 4.69) is 160 Å². The molecule has 0 radical (unpaired) electrons. The van der Waals surface area contributed by atoms with Crippen LogP contribution in [-0.4, -0.2) is 0 Å². The Hall–Kier alpha value is -4.40. The zero-order valence-corrected chi connectivity index (χ0v) is 26.0. The monoisotopic (exact) mass is 573 g/mol. The van der Waals surface area contributed by atoms with Crippen molar-refractivity contribution >= 4 is 59.3 Å². The fourth-order valence-electron chi connectivity index (χ4n) is 7.62. The molecule has 1 heterocycles. The molecule has 0 N–H and O–H groups in total. The lowest BCUT2D eigenvalue weighted by atomic mass is 9.82. The second kappa shape index (κ2) is 9.56. The van der Waals surface area contributed by atoms with Crippen LogP contribution in [0, 0.1) is 0 Å². The lowest BCUT2D eigenvalue weighted by Gasteiger charge is -2.26. The summed E-state index contributed by atoms with van der Waals surface area (Å²) in [5, 5.41) is 5.13. The number of rotatable bonds is 4. The molecule has 210 valence electrons. The maximum atomic E-state index is 2.44. The van der Waals surface area contributed by atoms with Gasteiger partial charge in [0.1, 0.15) is 0 Å². The first-order valence-corrected chi connectivity index (χ1v) is 16.0. The summed E-state index contributed by atoms with van der Waals surface area (Å²) in [5.74, 6) is 0. The van der Waals surface area contributed by atoms with Crippen LogP contribution in [0.2, 0.25) is 0 Å². The van der Waals surface area contributed by atoms with Crippen molar-refractivity contribution in [1.29, 1.82) is 0 Å². The number of nitrogens with zero attached hydrogens (tertiary/aromatic N) is 1. The average Bonchev–Trinajstić information content (AvgIpc) is 3.48. The molecule has 0 unspecified atom stereocenters. The normalized spacial score (nSPS) is 15.3. The van der Waals surface area contributed by atoms with Gasteiger partial charge in [-0.1, -0.05) is 119 Å². The third-order valence-electron chi connectivity index (χ3n) is 9.44. The fourth-order valence-corrected chi connectivity index (χ4v) is 8.83. The summed E-state index contributed by atoms with van der Waals surface area (Å²) in [6.45, 7) is 9.55. The van der Waals surface area contributed by atoms with Crippen molar-refractivity contribution in [3.8, 4) is 11.1 Å². The summed E-state index contributed by atoms with van der Waals surface area (Å²) in [6.07, 6.45) is 1.18. The van der Waals surface area contributed by atoms with Crippen LogP contribution < -0.4 is 4.90 Å². The van der Waals surface area contributed by atoms with Crippen LogP contribution in [0.15, 0.2) is 127 Å². The maximum absolute atomic E-state index is 2.44. The third-order valence-corrected chi connectivity index (χ3v) is 10.6. The van der Waals surface area contributed by atoms with E-state index in [9.17, 15) is 0 Å². The van der Waals surface area contributed by atoms with Gasteiger partial charge in [0.05, 0.1) is 10.4 Å². The fraction of sp³-hybridized carbons (Fsp3) is 0.171. The number of hydrogen-bond acceptors (Lipinski definition) is 2. The number of fused-ring (bicyclic) bond motifs is 5. The topological polar surface area (TPSA) is 3.24 Å². The second-order valence-corrected chi connectivity index (χ2v) is 14.4. The van der Waals surface area contributed by atoms with E-state index in [0.29, 0.717) is 0 Å². The molecule has 0 atom stereocenters. The molecule has 1 nitrogen and oxygen atoms in total. The first kappa shape index (κ1) is 26.2. The molecule has 0 amide bonds. The van der Waals surface area contributed by atoms with Gasteiger partial charge in [-0.25, -0.2) is 0 Å². The first-order chi connectivity index (χ1) is 20.8. The largest absolute Gasteiger partial charge is 0.309 e. The molecule has 0 spiro atoms. The first-order valence-electron chi connectivity index (χ1n) is 15.2. The molecule has 0 fully saturated rings. The Labute approximate surface area is 258 Å². The van der Waals surface area contributed by atoms with Gasteiger partial charge in [0.2, 0.25) is 0 Å². The van der Waals surface area contributed by atoms with E-state index in [0.717, 1.165) is 11.4 Å². The Morgan fingerprint density at radius 1 is 0.535 bits per heavy atom. The molecular weight excluding hydrogens is 539 g/mol. The van der Waals surface area contributed by atoms with Gasteiger partial charge in [-0.15, -0.1) is 11.3 Å². The maximum Gasteiger partial charge on any atom is 0.0640 e. The van der Waals surface area contributed by atoms with Gasteiger partial charge in [-0.2, -0.15) is 0 Å². The van der Waals surface area contributed by atoms with Crippen molar-refractivity contribution in [1.82, 2.24) is 0 Å². The van der Waals surface area contributed by atoms with Crippen molar-refractivity contribution in [2.24, 2.45) is 0 Å². The van der Waals surface area contributed by atoms with Crippen molar-refractivity contribution in [3.63, 3.8) is 0 Å². The predicted molar refractivity (Wildman–Crippen MR) is 188 cm³/mol. The van der Waals surface area contributed by atoms with Crippen LogP contribution in [0.5, 0.6) is 0 Å². The summed E-state index contributed by atoms with van der Waals surface area (Å²) >= 11 is 1.88. The SMILES string of the molecule is CC1(C)CC(C)(C)c2cc(-c3ccc(N(c4ccc5ccccc5c4)c4cccc5c4sc4ccccc45)cc3)ccc21. The molecule has 0 bridgehead atoms. The number of anilines is 3. The highest BCUT2D eigenvalue weighted by atomic mass is 32.1. The van der Waals surface area contributed by atoms with Gasteiger partial charge < -0.3 is 4.90 Å². The Morgan fingerprint density at radius 2 is 1.21 bits per heavy atom. The average molecular weight is 574 g/mol. The molecule has 1 aromatic heterocycles. The van der Waals surface area contributed by atoms with E-state index in [1.165, 1.54) is 65.3 Å². The molecule has 2 heteroatoms. The number of hydrogen-bond donors (Lipinski definition) is 0. The van der Waals surface area contributed by atoms with Crippen molar-refractivity contribution in [2.75, 3.05) is 4.90 Å². The molecule has 6 aromatic carbocycles. The van der Waals surface area contributed by atoms with Gasteiger partial charge in [-0.05, 0) is 86.7 Å². The highest BCUT2D eigenvalue weighted by molar-refractivity contribution is 7.26. The number of benzene rings is 6. The van der Waals surface area contributed by atoms with Crippen molar-refractivity contribution in [3.05, 3.63) is 139 Å². The highest BCUT2D eigenvalue weighted by Crippen LogP contribution is 2.50. The van der Waals surface area contributed by atoms with Crippen LogP contribution in [0.1, 0.15) is 45.2 Å². The minimum Gasteiger partial charge on any atom is -0.309 e. The smallest absolute Gasteiger partial charge is 0.0640 e. The lowest BCUT2D eigenvalue weighted by Crippen LogP contribution is -2.17. The van der Waals surface area contributed by atoms with Crippen LogP contribution >= 0.6 is 11.3 Å². The lowest BCUT2D eigenvalue weighted by molar-refractivity contribution is 0.403. The van der Waals surface area contributed by atoms with E-state index in [1.54, 1.807) is 0 Å². The Bertz CT molecular complexity index is 2160. The molecule has 1 aliphatic carbocycles. The van der Waals surface area contributed by atoms with Crippen LogP contribution in [0.4, 0.5) is 17.1 Å². The minimum atomic E-state index is 0.185. The van der Waals surface area contributed by atoms with E-state index in [1.807, 2.05) is 11.3 Å². The zero-order chi connectivity index (χ0) is 29.3. The van der Waals surface area contributed by atoms with Crippen molar-refractivity contribution < 1.29 is 0 Å². The van der Waals surface area contributed by atoms with E-state index < -0.39 is 0 Å². The molecule has 0 saturated heterocycles. The molecule has 8 rings (SSSR count). The van der Waals surface area contributed by atoms with Crippen LogP contribution in [0.3, 0.4) is 0 Å². The van der Waals surface area contributed by atoms with Crippen molar-refractivity contribution in [2.45, 2.75) is 44.9 Å². The Morgan fingerprint density at radius 3 is 2.05 bits per heavy atom. The van der Waals surface area contributed by atoms with Crippen LogP contribution in [-0.2, 0) is 10.8 Å². The van der Waals surface area contributed by atoms with E-state index in [4.69, 9.17) is 0 Å². The Kier molecular flexibility index (Phi) is 5.83. The van der Waals surface area contributed by atoms with E-state index in [-0.39, 0.29) is 10.8 Å². The van der Waals surface area contributed by atoms with Gasteiger partial charge in [0.15, 0.2) is 0 Å². The molecule has 7 aromatic rings. The van der Waals surface area contributed by atoms with Gasteiger partial charge in [0, 0.05) is 26.8 Å². The van der Waals surface area contributed by atoms with Gasteiger partial charge in [0.25, 0.3) is 0 Å².